The van der Waals surface area contributed by atoms with E-state index in [2.05, 4.69) is 34.5 Å². The fraction of sp³-hybridized carbons (Fsp3) is 0.364. The van der Waals surface area contributed by atoms with Crippen molar-refractivity contribution in [2.24, 2.45) is 0 Å². The monoisotopic (exact) mass is 378 g/mol. The van der Waals surface area contributed by atoms with E-state index in [1.54, 1.807) is 6.26 Å². The Morgan fingerprint density at radius 3 is 2.75 bits per heavy atom. The number of ether oxygens (including phenoxy) is 1. The number of piperidine rings is 1. The van der Waals surface area contributed by atoms with E-state index in [1.807, 2.05) is 6.07 Å². The summed E-state index contributed by atoms with van der Waals surface area (Å²) in [5.41, 5.74) is 2.90. The highest BCUT2D eigenvalue weighted by atomic mass is 16.5. The van der Waals surface area contributed by atoms with Crippen molar-refractivity contribution >= 4 is 33.6 Å². The number of furan rings is 1. The number of morpholine rings is 1. The summed E-state index contributed by atoms with van der Waals surface area (Å²) < 4.78 is 11.2. The Kier molecular flexibility index (Phi) is 4.37. The Bertz CT molecular complexity index is 1070. The summed E-state index contributed by atoms with van der Waals surface area (Å²) in [6, 6.07) is 10.4. The zero-order valence-corrected chi connectivity index (χ0v) is 15.6. The number of fused-ring (bicyclic) bond motifs is 3. The molecule has 1 aromatic heterocycles. The molecule has 0 bridgehead atoms. The van der Waals surface area contributed by atoms with E-state index in [0.717, 1.165) is 54.8 Å². The van der Waals surface area contributed by atoms with E-state index in [-0.39, 0.29) is 17.7 Å². The maximum absolute atomic E-state index is 12.4. The van der Waals surface area contributed by atoms with Gasteiger partial charge < -0.3 is 9.15 Å². The SMILES string of the molecule is O=C1CC[C@@H](c2coc3ccc4c(CN5CCOCC5)cccc4c23)C(=O)N1. The predicted octanol–water partition coefficient (Wildman–Crippen LogP) is 2.94. The maximum Gasteiger partial charge on any atom is 0.234 e. The smallest absolute Gasteiger partial charge is 0.234 e. The molecule has 144 valence electrons. The van der Waals surface area contributed by atoms with Gasteiger partial charge in [-0.1, -0.05) is 24.3 Å². The minimum atomic E-state index is -0.354. The number of imide groups is 1. The van der Waals surface area contributed by atoms with E-state index >= 15 is 0 Å². The first-order valence-electron chi connectivity index (χ1n) is 9.76. The molecule has 2 aromatic carbocycles. The van der Waals surface area contributed by atoms with Gasteiger partial charge in [-0.15, -0.1) is 0 Å². The van der Waals surface area contributed by atoms with Crippen LogP contribution in [0.4, 0.5) is 0 Å². The predicted molar refractivity (Wildman–Crippen MR) is 105 cm³/mol. The Hall–Kier alpha value is -2.70. The largest absolute Gasteiger partial charge is 0.464 e. The molecule has 2 amide bonds. The van der Waals surface area contributed by atoms with Crippen molar-refractivity contribution in [1.29, 1.82) is 0 Å². The molecule has 0 saturated carbocycles. The number of hydrogen-bond donors (Lipinski definition) is 1. The van der Waals surface area contributed by atoms with Gasteiger partial charge in [0.25, 0.3) is 0 Å². The third-order valence-corrected chi connectivity index (χ3v) is 5.83. The van der Waals surface area contributed by atoms with E-state index < -0.39 is 0 Å². The van der Waals surface area contributed by atoms with Crippen molar-refractivity contribution in [3.05, 3.63) is 47.7 Å². The summed E-state index contributed by atoms with van der Waals surface area (Å²) in [7, 11) is 0. The second-order valence-electron chi connectivity index (χ2n) is 7.53. The van der Waals surface area contributed by atoms with Crippen LogP contribution in [-0.2, 0) is 20.9 Å². The lowest BCUT2D eigenvalue weighted by atomic mass is 9.88. The topological polar surface area (TPSA) is 71.8 Å². The molecule has 3 heterocycles. The van der Waals surface area contributed by atoms with Gasteiger partial charge in [0.05, 0.1) is 25.4 Å². The summed E-state index contributed by atoms with van der Waals surface area (Å²) in [5.74, 6) is -0.792. The van der Waals surface area contributed by atoms with Gasteiger partial charge in [0.2, 0.25) is 11.8 Å². The van der Waals surface area contributed by atoms with Gasteiger partial charge >= 0.3 is 0 Å². The summed E-state index contributed by atoms with van der Waals surface area (Å²) in [6.45, 7) is 4.29. The average molecular weight is 378 g/mol. The molecule has 2 fully saturated rings. The van der Waals surface area contributed by atoms with E-state index in [0.29, 0.717) is 12.8 Å². The first kappa shape index (κ1) is 17.4. The normalized spacial score (nSPS) is 21.4. The molecule has 5 rings (SSSR count). The van der Waals surface area contributed by atoms with Gasteiger partial charge in [0.15, 0.2) is 0 Å². The molecule has 0 spiro atoms. The summed E-state index contributed by atoms with van der Waals surface area (Å²) in [5, 5.41) is 5.71. The van der Waals surface area contributed by atoms with Crippen LogP contribution in [0.5, 0.6) is 0 Å². The van der Waals surface area contributed by atoms with Crippen LogP contribution < -0.4 is 5.32 Å². The Morgan fingerprint density at radius 2 is 1.93 bits per heavy atom. The van der Waals surface area contributed by atoms with E-state index in [1.165, 1.54) is 10.9 Å². The first-order chi connectivity index (χ1) is 13.7. The van der Waals surface area contributed by atoms with Gasteiger partial charge in [-0.05, 0) is 28.8 Å². The number of nitrogens with zero attached hydrogens (tertiary/aromatic N) is 1. The Balaban J connectivity index is 1.59. The first-order valence-corrected chi connectivity index (χ1v) is 9.76. The Labute approximate surface area is 162 Å². The maximum atomic E-state index is 12.4. The molecule has 2 aliphatic rings. The molecule has 0 radical (unpaired) electrons. The molecule has 0 unspecified atom stereocenters. The third-order valence-electron chi connectivity index (χ3n) is 5.83. The number of hydrogen-bond acceptors (Lipinski definition) is 5. The fourth-order valence-corrected chi connectivity index (χ4v) is 4.37. The van der Waals surface area contributed by atoms with Gasteiger partial charge in [0, 0.05) is 37.0 Å². The lowest BCUT2D eigenvalue weighted by Gasteiger charge is -2.27. The quantitative estimate of drug-likeness (QED) is 0.710. The number of amides is 2. The van der Waals surface area contributed by atoms with E-state index in [4.69, 9.17) is 9.15 Å². The van der Waals surface area contributed by atoms with Crippen molar-refractivity contribution in [3.8, 4) is 0 Å². The lowest BCUT2D eigenvalue weighted by Crippen LogP contribution is -2.39. The molecule has 0 aliphatic carbocycles. The van der Waals surface area contributed by atoms with Gasteiger partial charge in [-0.2, -0.15) is 0 Å². The fourth-order valence-electron chi connectivity index (χ4n) is 4.37. The summed E-state index contributed by atoms with van der Waals surface area (Å²) in [4.78, 5) is 26.4. The van der Waals surface area contributed by atoms with Crippen LogP contribution in [0.3, 0.4) is 0 Å². The zero-order valence-electron chi connectivity index (χ0n) is 15.6. The molecule has 3 aromatic rings. The van der Waals surface area contributed by atoms with Crippen LogP contribution in [0.15, 0.2) is 41.0 Å². The summed E-state index contributed by atoms with van der Waals surface area (Å²) in [6.07, 6.45) is 2.55. The number of nitrogens with one attached hydrogen (secondary N) is 1. The molecule has 2 aliphatic heterocycles. The lowest BCUT2D eigenvalue weighted by molar-refractivity contribution is -0.134. The van der Waals surface area contributed by atoms with Crippen LogP contribution in [0.25, 0.3) is 21.7 Å². The van der Waals surface area contributed by atoms with Crippen LogP contribution in [0, 0.1) is 0 Å². The van der Waals surface area contributed by atoms with Crippen LogP contribution in [0.1, 0.15) is 29.9 Å². The van der Waals surface area contributed by atoms with Crippen molar-refractivity contribution in [3.63, 3.8) is 0 Å². The third kappa shape index (κ3) is 2.99. The highest BCUT2D eigenvalue weighted by Gasteiger charge is 2.31. The van der Waals surface area contributed by atoms with Crippen molar-refractivity contribution < 1.29 is 18.7 Å². The van der Waals surface area contributed by atoms with Crippen LogP contribution in [0.2, 0.25) is 0 Å². The Morgan fingerprint density at radius 1 is 1.07 bits per heavy atom. The molecule has 6 heteroatoms. The molecule has 1 N–H and O–H groups in total. The number of carbonyl (C=O) groups excluding carboxylic acids is 2. The van der Waals surface area contributed by atoms with Crippen LogP contribution in [-0.4, -0.2) is 43.0 Å². The molecule has 2 saturated heterocycles. The minimum absolute atomic E-state index is 0.202. The minimum Gasteiger partial charge on any atom is -0.464 e. The van der Waals surface area contributed by atoms with Gasteiger partial charge in [0.1, 0.15) is 5.58 Å². The van der Waals surface area contributed by atoms with Crippen LogP contribution >= 0.6 is 0 Å². The highest BCUT2D eigenvalue weighted by molar-refractivity contribution is 6.11. The summed E-state index contributed by atoms with van der Waals surface area (Å²) >= 11 is 0. The average Bonchev–Trinajstić information content (AvgIpc) is 3.13. The highest BCUT2D eigenvalue weighted by Crippen LogP contribution is 2.37. The molecule has 6 nitrogen and oxygen atoms in total. The second-order valence-corrected chi connectivity index (χ2v) is 7.53. The number of rotatable bonds is 3. The molecule has 28 heavy (non-hydrogen) atoms. The van der Waals surface area contributed by atoms with E-state index in [9.17, 15) is 9.59 Å². The van der Waals surface area contributed by atoms with Gasteiger partial charge in [-0.25, -0.2) is 0 Å². The molecule has 1 atom stereocenters. The second kappa shape index (κ2) is 7.04. The van der Waals surface area contributed by atoms with Crippen molar-refractivity contribution in [1.82, 2.24) is 10.2 Å². The number of carbonyl (C=O) groups is 2. The number of benzene rings is 2. The standard InChI is InChI=1S/C22H22N2O4/c25-20-7-5-17(22(26)23-20)18-13-28-19-6-4-15-14(2-1-3-16(15)21(18)19)12-24-8-10-27-11-9-24/h1-4,6,13,17H,5,7-12H2,(H,23,25,26)/t17-/m0/s1. The van der Waals surface area contributed by atoms with Crippen molar-refractivity contribution in [2.75, 3.05) is 26.3 Å². The van der Waals surface area contributed by atoms with Crippen molar-refractivity contribution in [2.45, 2.75) is 25.3 Å². The molecular weight excluding hydrogens is 356 g/mol. The zero-order chi connectivity index (χ0) is 19.1. The molecular formula is C22H22N2O4. The van der Waals surface area contributed by atoms with Gasteiger partial charge in [-0.3, -0.25) is 19.8 Å².